The number of rotatable bonds is 6. The Bertz CT molecular complexity index is 1030. The summed E-state index contributed by atoms with van der Waals surface area (Å²) in [5.74, 6) is -0.523. The van der Waals surface area contributed by atoms with E-state index in [1.165, 1.54) is 10.7 Å². The minimum Gasteiger partial charge on any atom is -0.487 e. The maximum Gasteiger partial charge on any atom is 0.363 e. The van der Waals surface area contributed by atoms with Crippen molar-refractivity contribution in [1.29, 1.82) is 0 Å². The Morgan fingerprint density at radius 1 is 1.04 bits per heavy atom. The van der Waals surface area contributed by atoms with Crippen LogP contribution in [0.4, 0.5) is 0 Å². The second-order valence-electron chi connectivity index (χ2n) is 5.78. The van der Waals surface area contributed by atoms with E-state index < -0.39 is 11.4 Å². The molecule has 0 atom stereocenters. The third-order valence-electron chi connectivity index (χ3n) is 3.78. The van der Waals surface area contributed by atoms with Crippen LogP contribution in [-0.2, 0) is 4.74 Å². The summed E-state index contributed by atoms with van der Waals surface area (Å²) in [7, 11) is 0. The van der Waals surface area contributed by atoms with Crippen LogP contribution in [0.25, 0.3) is 5.69 Å². The predicted octanol–water partition coefficient (Wildman–Crippen LogP) is 4.08. The highest BCUT2D eigenvalue weighted by Crippen LogP contribution is 2.32. The normalized spacial score (nSPS) is 10.5. The van der Waals surface area contributed by atoms with E-state index in [1.54, 1.807) is 25.1 Å². The van der Waals surface area contributed by atoms with Gasteiger partial charge in [-0.05, 0) is 31.2 Å². The number of para-hydroxylation sites is 2. The number of carbonyl (C=O) groups excluding carboxylic acids is 1. The summed E-state index contributed by atoms with van der Waals surface area (Å²) in [5.41, 5.74) is 0.519. The Morgan fingerprint density at radius 3 is 2.39 bits per heavy atom. The van der Waals surface area contributed by atoms with Crippen molar-refractivity contribution >= 4 is 29.2 Å². The monoisotopic (exact) mass is 418 g/mol. The average Bonchev–Trinajstić information content (AvgIpc) is 2.67. The number of nitrogens with zero attached hydrogens (tertiary/aromatic N) is 2. The summed E-state index contributed by atoms with van der Waals surface area (Å²) in [5, 5.41) is 4.86. The van der Waals surface area contributed by atoms with Crippen molar-refractivity contribution in [1.82, 2.24) is 9.78 Å². The third kappa shape index (κ3) is 4.52. The minimum absolute atomic E-state index is 0.0218. The SMILES string of the molecule is Cc1cc(=O)c(C(=O)OCCOc2c(Cl)cccc2Cl)nn1-c1ccccc1. The van der Waals surface area contributed by atoms with Gasteiger partial charge in [-0.3, -0.25) is 4.79 Å². The molecule has 2 aromatic carbocycles. The van der Waals surface area contributed by atoms with Crippen molar-refractivity contribution in [3.8, 4) is 11.4 Å². The molecule has 8 heteroatoms. The Labute approximate surface area is 171 Å². The molecule has 0 bridgehead atoms. The molecule has 0 saturated carbocycles. The number of benzene rings is 2. The van der Waals surface area contributed by atoms with Crippen LogP contribution in [-0.4, -0.2) is 29.0 Å². The highest BCUT2D eigenvalue weighted by molar-refractivity contribution is 6.37. The first-order valence-electron chi connectivity index (χ1n) is 8.37. The molecule has 0 fully saturated rings. The van der Waals surface area contributed by atoms with E-state index in [2.05, 4.69) is 5.10 Å². The molecule has 3 aromatic rings. The van der Waals surface area contributed by atoms with Crippen molar-refractivity contribution < 1.29 is 14.3 Å². The number of hydrogen-bond donors (Lipinski definition) is 0. The topological polar surface area (TPSA) is 70.4 Å². The van der Waals surface area contributed by atoms with Crippen molar-refractivity contribution in [2.45, 2.75) is 6.92 Å². The minimum atomic E-state index is -0.830. The number of aromatic nitrogens is 2. The van der Waals surface area contributed by atoms with Gasteiger partial charge in [-0.15, -0.1) is 0 Å². The van der Waals surface area contributed by atoms with Gasteiger partial charge in [0.05, 0.1) is 15.7 Å². The van der Waals surface area contributed by atoms with E-state index >= 15 is 0 Å². The first-order chi connectivity index (χ1) is 13.5. The molecule has 0 unspecified atom stereocenters. The Balaban J connectivity index is 1.68. The van der Waals surface area contributed by atoms with Gasteiger partial charge in [-0.25, -0.2) is 9.48 Å². The molecule has 1 heterocycles. The molecule has 144 valence electrons. The number of carbonyl (C=O) groups is 1. The lowest BCUT2D eigenvalue weighted by atomic mass is 10.3. The van der Waals surface area contributed by atoms with Crippen LogP contribution in [0.3, 0.4) is 0 Å². The largest absolute Gasteiger partial charge is 0.487 e. The van der Waals surface area contributed by atoms with Crippen molar-refractivity contribution in [2.24, 2.45) is 0 Å². The maximum atomic E-state index is 12.3. The van der Waals surface area contributed by atoms with Crippen LogP contribution in [0.5, 0.6) is 5.75 Å². The Hall–Kier alpha value is -2.83. The number of ether oxygens (including phenoxy) is 2. The quantitative estimate of drug-likeness (QED) is 0.445. The van der Waals surface area contributed by atoms with Crippen LogP contribution >= 0.6 is 23.2 Å². The molecule has 1 aromatic heterocycles. The van der Waals surface area contributed by atoms with Gasteiger partial charge in [-0.1, -0.05) is 47.5 Å². The summed E-state index contributed by atoms with van der Waals surface area (Å²) >= 11 is 12.0. The van der Waals surface area contributed by atoms with Gasteiger partial charge in [0.15, 0.2) is 5.75 Å². The second kappa shape index (κ2) is 8.91. The third-order valence-corrected chi connectivity index (χ3v) is 4.38. The molecular weight excluding hydrogens is 403 g/mol. The van der Waals surface area contributed by atoms with E-state index in [0.717, 1.165) is 5.69 Å². The highest BCUT2D eigenvalue weighted by Gasteiger charge is 2.17. The average molecular weight is 419 g/mol. The first kappa shape index (κ1) is 19.9. The molecule has 0 aliphatic heterocycles. The van der Waals surface area contributed by atoms with Gasteiger partial charge in [-0.2, -0.15) is 5.10 Å². The van der Waals surface area contributed by atoms with Gasteiger partial charge in [0, 0.05) is 11.8 Å². The summed E-state index contributed by atoms with van der Waals surface area (Å²) in [6, 6.07) is 15.5. The lowest BCUT2D eigenvalue weighted by Crippen LogP contribution is -2.25. The smallest absolute Gasteiger partial charge is 0.363 e. The van der Waals surface area contributed by atoms with Gasteiger partial charge in [0.1, 0.15) is 13.2 Å². The van der Waals surface area contributed by atoms with Crippen LogP contribution in [0.2, 0.25) is 10.0 Å². The summed E-state index contributed by atoms with van der Waals surface area (Å²) < 4.78 is 12.1. The zero-order chi connectivity index (χ0) is 20.1. The number of halogens is 2. The second-order valence-corrected chi connectivity index (χ2v) is 6.60. The fourth-order valence-corrected chi connectivity index (χ4v) is 2.99. The molecule has 0 N–H and O–H groups in total. The van der Waals surface area contributed by atoms with Crippen LogP contribution in [0, 0.1) is 6.92 Å². The molecule has 28 heavy (non-hydrogen) atoms. The zero-order valence-electron chi connectivity index (χ0n) is 14.9. The van der Waals surface area contributed by atoms with E-state index in [4.69, 9.17) is 32.7 Å². The summed E-state index contributed by atoms with van der Waals surface area (Å²) in [6.07, 6.45) is 0. The first-order valence-corrected chi connectivity index (χ1v) is 9.13. The van der Waals surface area contributed by atoms with Crippen LogP contribution in [0.1, 0.15) is 16.2 Å². The van der Waals surface area contributed by atoms with E-state index in [0.29, 0.717) is 21.5 Å². The van der Waals surface area contributed by atoms with Gasteiger partial charge in [0.2, 0.25) is 11.1 Å². The molecule has 0 radical (unpaired) electrons. The molecule has 3 rings (SSSR count). The molecule has 0 amide bonds. The van der Waals surface area contributed by atoms with E-state index in [-0.39, 0.29) is 18.9 Å². The number of aryl methyl sites for hydroxylation is 1. The molecule has 0 aliphatic carbocycles. The highest BCUT2D eigenvalue weighted by atomic mass is 35.5. The standard InChI is InChI=1S/C20H16Cl2N2O4/c1-13-12-17(25)18(23-24(13)14-6-3-2-4-7-14)20(26)28-11-10-27-19-15(21)8-5-9-16(19)22/h2-9,12H,10-11H2,1H3. The Kier molecular flexibility index (Phi) is 6.34. The maximum absolute atomic E-state index is 12.3. The van der Waals surface area contributed by atoms with Crippen molar-refractivity contribution in [3.05, 3.63) is 86.3 Å². The molecule has 0 saturated heterocycles. The fraction of sp³-hybridized carbons (Fsp3) is 0.150. The van der Waals surface area contributed by atoms with E-state index in [9.17, 15) is 9.59 Å². The summed E-state index contributed by atoms with van der Waals surface area (Å²) in [4.78, 5) is 24.5. The summed E-state index contributed by atoms with van der Waals surface area (Å²) in [6.45, 7) is 1.66. The predicted molar refractivity (Wildman–Crippen MR) is 107 cm³/mol. The van der Waals surface area contributed by atoms with Crippen molar-refractivity contribution in [3.63, 3.8) is 0 Å². The van der Waals surface area contributed by atoms with Crippen LogP contribution in [0.15, 0.2) is 59.4 Å². The van der Waals surface area contributed by atoms with Crippen molar-refractivity contribution in [2.75, 3.05) is 13.2 Å². The van der Waals surface area contributed by atoms with Gasteiger partial charge >= 0.3 is 5.97 Å². The zero-order valence-corrected chi connectivity index (χ0v) is 16.4. The molecule has 6 nitrogen and oxygen atoms in total. The molecular formula is C20H16Cl2N2O4. The lowest BCUT2D eigenvalue weighted by Gasteiger charge is -2.12. The lowest BCUT2D eigenvalue weighted by molar-refractivity contribution is 0.0440. The van der Waals surface area contributed by atoms with Crippen LogP contribution < -0.4 is 10.2 Å². The van der Waals surface area contributed by atoms with Gasteiger partial charge < -0.3 is 9.47 Å². The van der Waals surface area contributed by atoms with E-state index in [1.807, 2.05) is 30.3 Å². The molecule has 0 spiro atoms. The Morgan fingerprint density at radius 2 is 1.71 bits per heavy atom. The van der Waals surface area contributed by atoms with Gasteiger partial charge in [0.25, 0.3) is 0 Å². The number of hydrogen-bond acceptors (Lipinski definition) is 5. The fourth-order valence-electron chi connectivity index (χ4n) is 2.49. The molecule has 0 aliphatic rings. The number of esters is 1.